The first-order valence-corrected chi connectivity index (χ1v) is 9.12. The van der Waals surface area contributed by atoms with E-state index in [4.69, 9.17) is 16.3 Å². The Labute approximate surface area is 162 Å². The molecule has 0 bridgehead atoms. The van der Waals surface area contributed by atoms with Crippen molar-refractivity contribution < 1.29 is 9.84 Å². The normalized spacial score (nSPS) is 14.8. The molecule has 3 aromatic rings. The first kappa shape index (κ1) is 17.1. The molecule has 0 aliphatic carbocycles. The van der Waals surface area contributed by atoms with Crippen molar-refractivity contribution in [2.45, 2.75) is 13.0 Å². The van der Waals surface area contributed by atoms with Crippen molar-refractivity contribution in [3.05, 3.63) is 61.6 Å². The summed E-state index contributed by atoms with van der Waals surface area (Å²) in [5, 5.41) is 11.1. The summed E-state index contributed by atoms with van der Waals surface area (Å²) >= 11 is 9.54. The average molecular weight is 434 g/mol. The molecule has 26 heavy (non-hydrogen) atoms. The van der Waals surface area contributed by atoms with Crippen LogP contribution in [0.1, 0.15) is 17.8 Å². The maximum atomic E-state index is 12.7. The van der Waals surface area contributed by atoms with Crippen molar-refractivity contribution >= 4 is 50.1 Å². The number of hydrogen-bond acceptors (Lipinski definition) is 4. The van der Waals surface area contributed by atoms with E-state index in [9.17, 15) is 9.90 Å². The summed E-state index contributed by atoms with van der Waals surface area (Å²) in [4.78, 5) is 17.4. The minimum absolute atomic E-state index is 0.0520. The van der Waals surface area contributed by atoms with Crippen LogP contribution in [0.15, 0.2) is 39.6 Å². The van der Waals surface area contributed by atoms with E-state index in [0.717, 1.165) is 15.6 Å². The van der Waals surface area contributed by atoms with Crippen molar-refractivity contribution in [1.29, 1.82) is 0 Å². The second kappa shape index (κ2) is 6.45. The van der Waals surface area contributed by atoms with Crippen LogP contribution in [0, 0.1) is 0 Å². The van der Waals surface area contributed by atoms with Gasteiger partial charge in [-0.2, -0.15) is 0 Å². The number of nitrogens with zero attached hydrogens (tertiary/aromatic N) is 2. The van der Waals surface area contributed by atoms with Crippen molar-refractivity contribution in [2.75, 3.05) is 7.11 Å². The molecule has 0 saturated heterocycles. The number of allylic oxidation sites excluding steroid dienone is 1. The van der Waals surface area contributed by atoms with E-state index in [2.05, 4.69) is 20.9 Å². The maximum Gasteiger partial charge on any atom is 0.261 e. The summed E-state index contributed by atoms with van der Waals surface area (Å²) in [7, 11) is 1.50. The van der Waals surface area contributed by atoms with E-state index in [0.29, 0.717) is 40.5 Å². The number of benzene rings is 2. The zero-order valence-corrected chi connectivity index (χ0v) is 16.1. The Bertz CT molecular complexity index is 1140. The van der Waals surface area contributed by atoms with Crippen LogP contribution in [0.3, 0.4) is 0 Å². The summed E-state index contributed by atoms with van der Waals surface area (Å²) in [6.07, 6.45) is 2.61. The van der Waals surface area contributed by atoms with Gasteiger partial charge in [0.15, 0.2) is 11.5 Å². The number of halogens is 2. The molecule has 0 saturated carbocycles. The molecule has 2 heterocycles. The predicted molar refractivity (Wildman–Crippen MR) is 106 cm³/mol. The SMILES string of the molecule is COc1cc(Br)c(/C=C2/CCn3c2nc2cc(Cl)ccc2c3=O)cc1O. The smallest absolute Gasteiger partial charge is 0.261 e. The number of phenols is 1. The number of fused-ring (bicyclic) bond motifs is 2. The lowest BCUT2D eigenvalue weighted by Crippen LogP contribution is -2.20. The van der Waals surface area contributed by atoms with Gasteiger partial charge in [0.1, 0.15) is 5.82 Å². The molecule has 0 radical (unpaired) electrons. The second-order valence-corrected chi connectivity index (χ2v) is 7.31. The third kappa shape index (κ3) is 2.79. The van der Waals surface area contributed by atoms with Gasteiger partial charge in [-0.05, 0) is 54.0 Å². The van der Waals surface area contributed by atoms with Crippen molar-refractivity contribution in [1.82, 2.24) is 9.55 Å². The van der Waals surface area contributed by atoms with Gasteiger partial charge >= 0.3 is 0 Å². The highest BCUT2D eigenvalue weighted by Gasteiger charge is 2.21. The summed E-state index contributed by atoms with van der Waals surface area (Å²) in [6.45, 7) is 0.575. The van der Waals surface area contributed by atoms with Gasteiger partial charge in [0, 0.05) is 16.0 Å². The topological polar surface area (TPSA) is 64.4 Å². The third-order valence-corrected chi connectivity index (χ3v) is 5.36. The first-order chi connectivity index (χ1) is 12.5. The molecule has 7 heteroatoms. The van der Waals surface area contributed by atoms with Gasteiger partial charge in [-0.25, -0.2) is 4.98 Å². The molecule has 0 spiro atoms. The number of rotatable bonds is 2. The van der Waals surface area contributed by atoms with Crippen LogP contribution in [-0.4, -0.2) is 21.8 Å². The van der Waals surface area contributed by atoms with E-state index in [1.165, 1.54) is 7.11 Å². The van der Waals surface area contributed by atoms with Crippen molar-refractivity contribution in [2.24, 2.45) is 0 Å². The predicted octanol–water partition coefficient (Wildman–Crippen LogP) is 4.47. The van der Waals surface area contributed by atoms with E-state index in [-0.39, 0.29) is 11.3 Å². The zero-order valence-electron chi connectivity index (χ0n) is 13.8. The fourth-order valence-corrected chi connectivity index (χ4v) is 3.75. The highest BCUT2D eigenvalue weighted by molar-refractivity contribution is 9.10. The van der Waals surface area contributed by atoms with Crippen LogP contribution in [0.4, 0.5) is 0 Å². The van der Waals surface area contributed by atoms with Crippen LogP contribution >= 0.6 is 27.5 Å². The molecule has 132 valence electrons. The molecule has 5 nitrogen and oxygen atoms in total. The molecule has 4 rings (SSSR count). The Morgan fingerprint density at radius 3 is 2.92 bits per heavy atom. The number of ether oxygens (including phenoxy) is 1. The molecule has 0 atom stereocenters. The molecular weight excluding hydrogens is 420 g/mol. The maximum absolute atomic E-state index is 12.7. The first-order valence-electron chi connectivity index (χ1n) is 7.95. The molecule has 1 N–H and O–H groups in total. The van der Waals surface area contributed by atoms with E-state index in [1.54, 1.807) is 34.9 Å². The number of hydrogen-bond donors (Lipinski definition) is 1. The number of phenolic OH excluding ortho intramolecular Hbond substituents is 1. The van der Waals surface area contributed by atoms with E-state index in [1.807, 2.05) is 6.08 Å². The summed E-state index contributed by atoms with van der Waals surface area (Å²) < 4.78 is 7.57. The minimum Gasteiger partial charge on any atom is -0.504 e. The average Bonchev–Trinajstić information content (AvgIpc) is 3.00. The summed E-state index contributed by atoms with van der Waals surface area (Å²) in [6, 6.07) is 8.43. The van der Waals surface area contributed by atoms with Gasteiger partial charge in [-0.15, -0.1) is 0 Å². The van der Waals surface area contributed by atoms with E-state index < -0.39 is 0 Å². The Morgan fingerprint density at radius 2 is 2.15 bits per heavy atom. The standard InChI is InChI=1S/C19H14BrClN2O3/c1-26-17-9-14(20)11(7-16(17)24)6-10-4-5-23-18(10)22-15-8-12(21)2-3-13(15)19(23)25/h2-3,6-9,24H,4-5H2,1H3/b10-6-. The van der Waals surface area contributed by atoms with Gasteiger partial charge < -0.3 is 9.84 Å². The van der Waals surface area contributed by atoms with Crippen LogP contribution in [0.2, 0.25) is 5.02 Å². The fourth-order valence-electron chi connectivity index (χ4n) is 3.15. The fraction of sp³-hybridized carbons (Fsp3) is 0.158. The quantitative estimate of drug-likeness (QED) is 0.647. The Hall–Kier alpha value is -2.31. The lowest BCUT2D eigenvalue weighted by Gasteiger charge is -2.08. The minimum atomic E-state index is -0.0679. The molecule has 0 unspecified atom stereocenters. The molecule has 0 fully saturated rings. The van der Waals surface area contributed by atoms with E-state index >= 15 is 0 Å². The van der Waals surface area contributed by atoms with Crippen LogP contribution in [0.5, 0.6) is 11.5 Å². The van der Waals surface area contributed by atoms with Gasteiger partial charge in [0.25, 0.3) is 5.56 Å². The monoisotopic (exact) mass is 432 g/mol. The number of aromatic hydroxyl groups is 1. The molecule has 0 amide bonds. The van der Waals surface area contributed by atoms with Gasteiger partial charge in [0.2, 0.25) is 0 Å². The molecule has 2 aromatic carbocycles. The highest BCUT2D eigenvalue weighted by atomic mass is 79.9. The van der Waals surface area contributed by atoms with Crippen LogP contribution in [0.25, 0.3) is 22.6 Å². The Balaban J connectivity index is 1.88. The van der Waals surface area contributed by atoms with Gasteiger partial charge in [-0.1, -0.05) is 27.5 Å². The Morgan fingerprint density at radius 1 is 1.35 bits per heavy atom. The number of aromatic nitrogens is 2. The molecular formula is C19H14BrClN2O3. The molecule has 1 aliphatic heterocycles. The van der Waals surface area contributed by atoms with Gasteiger partial charge in [-0.3, -0.25) is 9.36 Å². The second-order valence-electron chi connectivity index (χ2n) is 6.02. The number of methoxy groups -OCH3 is 1. The van der Waals surface area contributed by atoms with Crippen LogP contribution < -0.4 is 10.3 Å². The lowest BCUT2D eigenvalue weighted by molar-refractivity contribution is 0.373. The Kier molecular flexibility index (Phi) is 4.25. The largest absolute Gasteiger partial charge is 0.504 e. The van der Waals surface area contributed by atoms with Crippen LogP contribution in [-0.2, 0) is 6.54 Å². The third-order valence-electron chi connectivity index (χ3n) is 4.44. The van der Waals surface area contributed by atoms with Gasteiger partial charge in [0.05, 0.1) is 18.0 Å². The zero-order chi connectivity index (χ0) is 18.4. The summed E-state index contributed by atoms with van der Waals surface area (Å²) in [5.41, 5.74) is 2.22. The van der Waals surface area contributed by atoms with Crippen molar-refractivity contribution in [3.63, 3.8) is 0 Å². The van der Waals surface area contributed by atoms with Crippen molar-refractivity contribution in [3.8, 4) is 11.5 Å². The molecule has 1 aliphatic rings. The lowest BCUT2D eigenvalue weighted by atomic mass is 10.1. The summed E-state index contributed by atoms with van der Waals surface area (Å²) in [5.74, 6) is 1.07. The highest BCUT2D eigenvalue weighted by Crippen LogP contribution is 2.36. The molecule has 1 aromatic heterocycles.